The van der Waals surface area contributed by atoms with Crippen molar-refractivity contribution in [2.45, 2.75) is 46.1 Å². The Morgan fingerprint density at radius 1 is 1.13 bits per heavy atom. The number of nitrogens with one attached hydrogen (secondary N) is 1. The molecule has 1 aromatic heterocycles. The number of aryl methyl sites for hydroxylation is 2. The van der Waals surface area contributed by atoms with Gasteiger partial charge in [0.15, 0.2) is 0 Å². The average molecular weight is 423 g/mol. The van der Waals surface area contributed by atoms with E-state index in [1.165, 1.54) is 31.5 Å². The lowest BCUT2D eigenvalue weighted by Crippen LogP contribution is -2.63. The smallest absolute Gasteiger partial charge is 0.226 e. The van der Waals surface area contributed by atoms with Gasteiger partial charge in [-0.05, 0) is 70.2 Å². The van der Waals surface area contributed by atoms with Crippen molar-refractivity contribution in [2.75, 3.05) is 39.3 Å². The molecule has 0 bridgehead atoms. The van der Waals surface area contributed by atoms with Crippen molar-refractivity contribution >= 4 is 5.91 Å². The number of carbonyl (C=O) groups is 1. The highest BCUT2D eigenvalue weighted by atomic mass is 16.4. The second-order valence-corrected chi connectivity index (χ2v) is 9.98. The molecule has 5 rings (SSSR count). The lowest BCUT2D eigenvalue weighted by atomic mass is 9.57. The molecule has 1 aromatic carbocycles. The van der Waals surface area contributed by atoms with Gasteiger partial charge in [-0.2, -0.15) is 0 Å². The van der Waals surface area contributed by atoms with Crippen LogP contribution in [-0.4, -0.2) is 60.0 Å². The molecule has 1 aliphatic carbocycles. The lowest BCUT2D eigenvalue weighted by Gasteiger charge is -2.58. The molecule has 1 spiro atoms. The minimum Gasteiger partial charge on any atom is -0.441 e. The van der Waals surface area contributed by atoms with Crippen molar-refractivity contribution < 1.29 is 9.21 Å². The number of likely N-dealkylation sites (tertiary alicyclic amines) is 2. The van der Waals surface area contributed by atoms with E-state index in [1.54, 1.807) is 0 Å². The Balaban J connectivity index is 1.06. The van der Waals surface area contributed by atoms with Crippen LogP contribution in [0.3, 0.4) is 0 Å². The Morgan fingerprint density at radius 3 is 2.55 bits per heavy atom. The highest BCUT2D eigenvalue weighted by Crippen LogP contribution is 2.52. The van der Waals surface area contributed by atoms with E-state index in [4.69, 9.17) is 9.40 Å². The van der Waals surface area contributed by atoms with Gasteiger partial charge in [-0.3, -0.25) is 9.69 Å². The van der Waals surface area contributed by atoms with Crippen LogP contribution in [-0.2, 0) is 11.3 Å². The summed E-state index contributed by atoms with van der Waals surface area (Å²) >= 11 is 0. The summed E-state index contributed by atoms with van der Waals surface area (Å²) in [6.45, 7) is 11.2. The maximum atomic E-state index is 12.4. The van der Waals surface area contributed by atoms with Crippen molar-refractivity contribution in [3.8, 4) is 11.5 Å². The second-order valence-electron chi connectivity index (χ2n) is 9.98. The summed E-state index contributed by atoms with van der Waals surface area (Å²) in [5.41, 5.74) is 3.64. The number of hydrogen-bond acceptors (Lipinski definition) is 5. The third kappa shape index (κ3) is 4.41. The predicted molar refractivity (Wildman–Crippen MR) is 121 cm³/mol. The largest absolute Gasteiger partial charge is 0.441 e. The van der Waals surface area contributed by atoms with E-state index in [0.29, 0.717) is 11.3 Å². The summed E-state index contributed by atoms with van der Waals surface area (Å²) in [6.07, 6.45) is 4.67. The summed E-state index contributed by atoms with van der Waals surface area (Å²) in [5, 5.41) is 3.16. The fourth-order valence-electron chi connectivity index (χ4n) is 5.54. The van der Waals surface area contributed by atoms with Crippen molar-refractivity contribution in [1.82, 2.24) is 20.1 Å². The minimum atomic E-state index is 0.211. The molecule has 1 amide bonds. The van der Waals surface area contributed by atoms with Crippen LogP contribution in [0.1, 0.15) is 42.7 Å². The van der Waals surface area contributed by atoms with Crippen LogP contribution in [0.5, 0.6) is 0 Å². The average Bonchev–Trinajstić information content (AvgIpc) is 3.33. The highest BCUT2D eigenvalue weighted by molar-refractivity contribution is 5.79. The van der Waals surface area contributed by atoms with Gasteiger partial charge < -0.3 is 14.6 Å². The van der Waals surface area contributed by atoms with Crippen LogP contribution in [0.4, 0.5) is 0 Å². The summed E-state index contributed by atoms with van der Waals surface area (Å²) in [7, 11) is 0. The molecule has 31 heavy (non-hydrogen) atoms. The number of carbonyl (C=O) groups excluding carboxylic acids is 1. The van der Waals surface area contributed by atoms with Crippen LogP contribution < -0.4 is 5.32 Å². The summed E-state index contributed by atoms with van der Waals surface area (Å²) in [5.74, 6) is 2.08. The number of aromatic nitrogens is 1. The Hall–Kier alpha value is -2.18. The Bertz CT molecular complexity index is 915. The quantitative estimate of drug-likeness (QED) is 0.741. The third-order valence-corrected chi connectivity index (χ3v) is 7.34. The number of rotatable bonds is 7. The maximum Gasteiger partial charge on any atom is 0.226 e. The maximum absolute atomic E-state index is 12.4. The van der Waals surface area contributed by atoms with Gasteiger partial charge in [-0.1, -0.05) is 17.7 Å². The zero-order valence-electron chi connectivity index (χ0n) is 18.8. The van der Waals surface area contributed by atoms with Gasteiger partial charge in [0.05, 0.1) is 5.69 Å². The van der Waals surface area contributed by atoms with Crippen LogP contribution in [0.2, 0.25) is 0 Å². The predicted octanol–water partition coefficient (Wildman–Crippen LogP) is 3.38. The van der Waals surface area contributed by atoms with E-state index >= 15 is 0 Å². The Labute approximate surface area is 185 Å². The number of oxazole rings is 1. The lowest BCUT2D eigenvalue weighted by molar-refractivity contribution is -0.145. The molecule has 3 aliphatic rings. The molecule has 6 nitrogen and oxygen atoms in total. The van der Waals surface area contributed by atoms with Gasteiger partial charge in [-0.25, -0.2) is 4.98 Å². The number of benzene rings is 1. The Kier molecular flexibility index (Phi) is 5.61. The number of amides is 1. The van der Waals surface area contributed by atoms with Gasteiger partial charge in [0.25, 0.3) is 0 Å². The third-order valence-electron chi connectivity index (χ3n) is 7.34. The zero-order valence-corrected chi connectivity index (χ0v) is 18.8. The summed E-state index contributed by atoms with van der Waals surface area (Å²) in [4.78, 5) is 22.1. The molecule has 0 radical (unpaired) electrons. The van der Waals surface area contributed by atoms with E-state index in [1.807, 2.05) is 6.92 Å². The molecule has 2 saturated heterocycles. The van der Waals surface area contributed by atoms with Gasteiger partial charge in [0.1, 0.15) is 5.76 Å². The standard InChI is InChI=1S/C25H34N4O2/c1-18-5-7-20(8-6-18)24-27-22(19(2)31-24)15-29-16-25(17-29)13-21(14-25)23(30)26-9-12-28-10-3-4-11-28/h5-8,21H,3-4,9-17H2,1-2H3,(H,26,30). The van der Waals surface area contributed by atoms with Gasteiger partial charge in [-0.15, -0.1) is 0 Å². The topological polar surface area (TPSA) is 61.6 Å². The van der Waals surface area contributed by atoms with Gasteiger partial charge >= 0.3 is 0 Å². The van der Waals surface area contributed by atoms with E-state index in [9.17, 15) is 4.79 Å². The minimum absolute atomic E-state index is 0.211. The molecule has 0 atom stereocenters. The first-order valence-electron chi connectivity index (χ1n) is 11.8. The van der Waals surface area contributed by atoms with Crippen molar-refractivity contribution in [3.63, 3.8) is 0 Å². The van der Waals surface area contributed by atoms with Crippen molar-refractivity contribution in [3.05, 3.63) is 41.3 Å². The summed E-state index contributed by atoms with van der Waals surface area (Å²) < 4.78 is 5.93. The molecule has 6 heteroatoms. The first-order valence-corrected chi connectivity index (χ1v) is 11.8. The normalized spacial score (nSPS) is 21.2. The van der Waals surface area contributed by atoms with Crippen molar-refractivity contribution in [2.24, 2.45) is 11.3 Å². The number of hydrogen-bond donors (Lipinski definition) is 1. The molecular weight excluding hydrogens is 388 g/mol. The fourth-order valence-corrected chi connectivity index (χ4v) is 5.54. The van der Waals surface area contributed by atoms with Crippen molar-refractivity contribution in [1.29, 1.82) is 0 Å². The Morgan fingerprint density at radius 2 is 1.84 bits per heavy atom. The molecule has 0 unspecified atom stereocenters. The molecule has 166 valence electrons. The fraction of sp³-hybridized carbons (Fsp3) is 0.600. The monoisotopic (exact) mass is 422 g/mol. The van der Waals surface area contributed by atoms with Gasteiger partial charge in [0.2, 0.25) is 11.8 Å². The van der Waals surface area contributed by atoms with Crippen LogP contribution >= 0.6 is 0 Å². The van der Waals surface area contributed by atoms with E-state index in [0.717, 1.165) is 62.6 Å². The molecular formula is C25H34N4O2. The molecule has 2 aliphatic heterocycles. The van der Waals surface area contributed by atoms with E-state index in [-0.39, 0.29) is 11.8 Å². The highest BCUT2D eigenvalue weighted by Gasteiger charge is 2.54. The molecule has 1 saturated carbocycles. The molecule has 3 fully saturated rings. The van der Waals surface area contributed by atoms with E-state index in [2.05, 4.69) is 46.3 Å². The van der Waals surface area contributed by atoms with Crippen LogP contribution in [0.25, 0.3) is 11.5 Å². The summed E-state index contributed by atoms with van der Waals surface area (Å²) in [6, 6.07) is 8.30. The SMILES string of the molecule is Cc1ccc(-c2nc(CN3CC4(CC(C(=O)NCCN5CCCC5)C4)C3)c(C)o2)cc1. The van der Waals surface area contributed by atoms with Crippen LogP contribution in [0.15, 0.2) is 28.7 Å². The van der Waals surface area contributed by atoms with Gasteiger partial charge in [0, 0.05) is 44.2 Å². The first-order chi connectivity index (χ1) is 15.0. The molecule has 3 heterocycles. The zero-order chi connectivity index (χ0) is 21.4. The van der Waals surface area contributed by atoms with E-state index < -0.39 is 0 Å². The second kappa shape index (κ2) is 8.40. The van der Waals surface area contributed by atoms with Crippen LogP contribution in [0, 0.1) is 25.2 Å². The number of nitrogens with zero attached hydrogens (tertiary/aromatic N) is 3. The molecule has 1 N–H and O–H groups in total. The first kappa shape index (κ1) is 20.7. The molecule has 2 aromatic rings.